The summed E-state index contributed by atoms with van der Waals surface area (Å²) in [5, 5.41) is 0.497. The predicted molar refractivity (Wildman–Crippen MR) is 99.0 cm³/mol. The van der Waals surface area contributed by atoms with E-state index in [0.717, 1.165) is 36.0 Å². The molecule has 2 aromatic carbocycles. The maximum absolute atomic E-state index is 12.7. The maximum atomic E-state index is 12.7. The second-order valence-corrected chi connectivity index (χ2v) is 8.11. The first-order valence-corrected chi connectivity index (χ1v) is 10.5. The van der Waals surface area contributed by atoms with Crippen LogP contribution in [-0.2, 0) is 11.0 Å². The molecule has 3 rings (SSSR count). The van der Waals surface area contributed by atoms with Crippen LogP contribution in [0.5, 0.6) is 5.75 Å². The molecule has 0 saturated heterocycles. The van der Waals surface area contributed by atoms with Crippen molar-refractivity contribution >= 4 is 12.9 Å². The molecule has 128 valence electrons. The minimum atomic E-state index is -3.81. The lowest BCUT2D eigenvalue weighted by Crippen LogP contribution is -2.21. The number of benzene rings is 2. The van der Waals surface area contributed by atoms with Crippen molar-refractivity contribution in [2.24, 2.45) is 0 Å². The maximum Gasteiger partial charge on any atom is 0.409 e. The minimum Gasteiger partial charge on any atom is -0.421 e. The highest BCUT2D eigenvalue weighted by atomic mass is 31.2. The molecule has 0 spiro atoms. The molecule has 1 atom stereocenters. The summed E-state index contributed by atoms with van der Waals surface area (Å²) in [6.45, 7) is 2.22. The van der Waals surface area contributed by atoms with Crippen molar-refractivity contribution < 1.29 is 14.0 Å². The van der Waals surface area contributed by atoms with Gasteiger partial charge in [0.25, 0.3) is 0 Å². The quantitative estimate of drug-likeness (QED) is 0.536. The summed E-state index contributed by atoms with van der Waals surface area (Å²) >= 11 is 0. The van der Waals surface area contributed by atoms with Gasteiger partial charge in [-0.1, -0.05) is 75.4 Å². The van der Waals surface area contributed by atoms with Gasteiger partial charge in [-0.15, -0.1) is 0 Å². The summed E-state index contributed by atoms with van der Waals surface area (Å²) in [7, 11) is -3.81. The average Bonchev–Trinajstić information content (AvgIpc) is 2.57. The highest BCUT2D eigenvalue weighted by molar-refractivity contribution is 7.62. The smallest absolute Gasteiger partial charge is 0.409 e. The van der Waals surface area contributed by atoms with Crippen LogP contribution in [-0.4, -0.2) is 4.89 Å². The van der Waals surface area contributed by atoms with Gasteiger partial charge in [0, 0.05) is 11.1 Å². The molecular formula is C20H25O3P. The van der Waals surface area contributed by atoms with Crippen LogP contribution in [0.2, 0.25) is 0 Å². The first-order valence-electron chi connectivity index (χ1n) is 8.87. The van der Waals surface area contributed by atoms with Gasteiger partial charge in [-0.05, 0) is 24.5 Å². The molecule has 0 bridgehead atoms. The Morgan fingerprint density at radius 3 is 2.46 bits per heavy atom. The van der Waals surface area contributed by atoms with Gasteiger partial charge in [0.05, 0.1) is 5.30 Å². The molecule has 2 aromatic rings. The van der Waals surface area contributed by atoms with Crippen molar-refractivity contribution in [3.05, 3.63) is 48.0 Å². The fourth-order valence-corrected chi connectivity index (χ4v) is 4.95. The number of unbranched alkanes of at least 4 members (excludes halogenated alkanes) is 5. The Balaban J connectivity index is 1.83. The van der Waals surface area contributed by atoms with Gasteiger partial charge < -0.3 is 9.42 Å². The second kappa shape index (κ2) is 7.55. The molecule has 1 heterocycles. The van der Waals surface area contributed by atoms with Gasteiger partial charge in [-0.2, -0.15) is 0 Å². The van der Waals surface area contributed by atoms with Crippen LogP contribution in [0.3, 0.4) is 0 Å². The third-order valence-corrected chi connectivity index (χ3v) is 6.14. The molecule has 1 aliphatic rings. The summed E-state index contributed by atoms with van der Waals surface area (Å²) < 4.78 is 18.2. The van der Waals surface area contributed by atoms with Crippen LogP contribution in [0, 0.1) is 0 Å². The number of aryl methyl sites for hydroxylation is 1. The van der Waals surface area contributed by atoms with Crippen LogP contribution in [0.1, 0.15) is 51.0 Å². The van der Waals surface area contributed by atoms with E-state index in [-0.39, 0.29) is 0 Å². The molecule has 4 heteroatoms. The molecule has 0 saturated carbocycles. The van der Waals surface area contributed by atoms with E-state index in [4.69, 9.17) is 4.52 Å². The van der Waals surface area contributed by atoms with E-state index in [2.05, 4.69) is 6.92 Å². The largest absolute Gasteiger partial charge is 0.421 e. The average molecular weight is 344 g/mol. The normalized spacial score (nSPS) is 18.6. The number of para-hydroxylation sites is 1. The number of hydrogen-bond donors (Lipinski definition) is 1. The second-order valence-electron chi connectivity index (χ2n) is 6.44. The van der Waals surface area contributed by atoms with Crippen LogP contribution in [0.4, 0.5) is 0 Å². The number of rotatable bonds is 7. The van der Waals surface area contributed by atoms with Gasteiger partial charge in [0.2, 0.25) is 0 Å². The van der Waals surface area contributed by atoms with Crippen molar-refractivity contribution in [1.82, 2.24) is 0 Å². The highest BCUT2D eigenvalue weighted by Crippen LogP contribution is 2.52. The molecule has 0 aromatic heterocycles. The summed E-state index contributed by atoms with van der Waals surface area (Å²) in [6, 6.07) is 13.3. The lowest BCUT2D eigenvalue weighted by atomic mass is 9.98. The van der Waals surface area contributed by atoms with E-state index in [1.54, 1.807) is 6.07 Å². The Morgan fingerprint density at radius 1 is 0.917 bits per heavy atom. The lowest BCUT2D eigenvalue weighted by Gasteiger charge is -2.26. The van der Waals surface area contributed by atoms with Gasteiger partial charge in [0.1, 0.15) is 5.75 Å². The third kappa shape index (κ3) is 3.58. The molecule has 3 nitrogen and oxygen atoms in total. The fourth-order valence-electron chi connectivity index (χ4n) is 3.39. The van der Waals surface area contributed by atoms with E-state index >= 15 is 0 Å². The minimum absolute atomic E-state index is 0.493. The standard InChI is InChI=1S/C20H25O3P/c1-2-3-4-5-6-7-11-16-12-10-14-18-17-13-8-9-15-19(17)23-24(21,22)20(16)18/h8-10,12-15H,2-7,11H2,1H3,(H,21,22). The molecule has 24 heavy (non-hydrogen) atoms. The monoisotopic (exact) mass is 344 g/mol. The topological polar surface area (TPSA) is 46.5 Å². The Hall–Kier alpha value is -1.57. The molecule has 1 aliphatic heterocycles. The van der Waals surface area contributed by atoms with Crippen molar-refractivity contribution in [1.29, 1.82) is 0 Å². The van der Waals surface area contributed by atoms with Crippen LogP contribution >= 0.6 is 7.60 Å². The zero-order chi connectivity index (χ0) is 17.0. The predicted octanol–water partition coefficient (Wildman–Crippen LogP) is 5.46. The molecule has 0 amide bonds. The van der Waals surface area contributed by atoms with E-state index in [9.17, 15) is 9.46 Å². The summed E-state index contributed by atoms with van der Waals surface area (Å²) in [4.78, 5) is 10.5. The fraction of sp³-hybridized carbons (Fsp3) is 0.400. The van der Waals surface area contributed by atoms with Crippen molar-refractivity contribution in [3.63, 3.8) is 0 Å². The molecule has 0 radical (unpaired) electrons. The summed E-state index contributed by atoms with van der Waals surface area (Å²) in [5.41, 5.74) is 2.69. The Kier molecular flexibility index (Phi) is 5.43. The first kappa shape index (κ1) is 17.3. The molecule has 1 unspecified atom stereocenters. The Labute approximate surface area is 144 Å². The van der Waals surface area contributed by atoms with E-state index < -0.39 is 7.60 Å². The third-order valence-electron chi connectivity index (χ3n) is 4.60. The van der Waals surface area contributed by atoms with Crippen LogP contribution < -0.4 is 9.83 Å². The van der Waals surface area contributed by atoms with Gasteiger partial charge >= 0.3 is 7.60 Å². The summed E-state index contributed by atoms with van der Waals surface area (Å²) in [5.74, 6) is 0.493. The van der Waals surface area contributed by atoms with Gasteiger partial charge in [0.15, 0.2) is 0 Å². The lowest BCUT2D eigenvalue weighted by molar-refractivity contribution is 0.392. The van der Waals surface area contributed by atoms with Crippen LogP contribution in [0.25, 0.3) is 11.1 Å². The molecular weight excluding hydrogens is 319 g/mol. The zero-order valence-corrected chi connectivity index (χ0v) is 15.1. The Morgan fingerprint density at radius 2 is 1.62 bits per heavy atom. The summed E-state index contributed by atoms with van der Waals surface area (Å²) in [6.07, 6.45) is 8.08. The molecule has 0 aliphatic carbocycles. The van der Waals surface area contributed by atoms with E-state index in [0.29, 0.717) is 11.1 Å². The molecule has 0 fully saturated rings. The Bertz CT molecular complexity index is 754. The van der Waals surface area contributed by atoms with Gasteiger partial charge in [-0.25, -0.2) is 4.57 Å². The first-order chi connectivity index (χ1) is 11.6. The van der Waals surface area contributed by atoms with Crippen molar-refractivity contribution in [2.45, 2.75) is 51.9 Å². The van der Waals surface area contributed by atoms with Crippen molar-refractivity contribution in [3.8, 4) is 16.9 Å². The van der Waals surface area contributed by atoms with E-state index in [1.165, 1.54) is 25.7 Å². The number of hydrogen-bond acceptors (Lipinski definition) is 2. The highest BCUT2D eigenvalue weighted by Gasteiger charge is 2.36. The van der Waals surface area contributed by atoms with Crippen molar-refractivity contribution in [2.75, 3.05) is 0 Å². The molecule has 1 N–H and O–H groups in total. The van der Waals surface area contributed by atoms with E-state index in [1.807, 2.05) is 36.4 Å². The SMILES string of the molecule is CCCCCCCCc1cccc2c1P(=O)(O)Oc1ccccc1-2. The zero-order valence-electron chi connectivity index (χ0n) is 14.2. The van der Waals surface area contributed by atoms with Crippen LogP contribution in [0.15, 0.2) is 42.5 Å². The number of fused-ring (bicyclic) bond motifs is 3. The van der Waals surface area contributed by atoms with Gasteiger partial charge in [-0.3, -0.25) is 0 Å².